The fraction of sp³-hybridized carbons (Fsp3) is 0.500. The van der Waals surface area contributed by atoms with Crippen LogP contribution in [0.2, 0.25) is 0 Å². The van der Waals surface area contributed by atoms with Gasteiger partial charge in [-0.1, -0.05) is 24.2 Å². The van der Waals surface area contributed by atoms with Crippen LogP contribution in [-0.4, -0.2) is 29.1 Å². The van der Waals surface area contributed by atoms with Crippen molar-refractivity contribution in [3.63, 3.8) is 0 Å². The molecule has 1 saturated carbocycles. The number of nitrogens with zero attached hydrogens (tertiary/aromatic N) is 3. The molecule has 0 bridgehead atoms. The third-order valence-electron chi connectivity index (χ3n) is 6.07. The van der Waals surface area contributed by atoms with Gasteiger partial charge >= 0.3 is 0 Å². The number of nitrogens with two attached hydrogens (primary N) is 1. The molecule has 1 aliphatic heterocycles. The minimum Gasteiger partial charge on any atom is -0.355 e. The molecule has 2 aliphatic rings. The first-order valence-electron chi connectivity index (χ1n) is 9.44. The quantitative estimate of drug-likeness (QED) is 0.846. The van der Waals surface area contributed by atoms with Crippen molar-refractivity contribution in [1.29, 1.82) is 0 Å². The Balaban J connectivity index is 1.47. The molecule has 1 saturated heterocycles. The smallest absolute Gasteiger partial charge is 0.172 e. The summed E-state index contributed by atoms with van der Waals surface area (Å²) in [7, 11) is 0. The Morgan fingerprint density at radius 1 is 1.22 bits per heavy atom. The Labute approximate surface area is 162 Å². The minimum atomic E-state index is -0.852. The van der Waals surface area contributed by atoms with Crippen LogP contribution >= 0.6 is 11.8 Å². The molecule has 1 unspecified atom stereocenters. The number of hydrogen-bond acceptors (Lipinski definition) is 5. The summed E-state index contributed by atoms with van der Waals surface area (Å²) in [5.41, 5.74) is 7.39. The van der Waals surface area contributed by atoms with Crippen molar-refractivity contribution in [1.82, 2.24) is 9.97 Å². The van der Waals surface area contributed by atoms with Crippen molar-refractivity contribution < 1.29 is 8.78 Å². The molecule has 144 valence electrons. The molecule has 0 amide bonds. The number of aromatic nitrogens is 2. The van der Waals surface area contributed by atoms with Gasteiger partial charge in [-0.2, -0.15) is 0 Å². The minimum absolute atomic E-state index is 0.218. The molecule has 1 aromatic carbocycles. The van der Waals surface area contributed by atoms with Gasteiger partial charge < -0.3 is 10.6 Å². The van der Waals surface area contributed by atoms with E-state index in [-0.39, 0.29) is 4.90 Å². The molecule has 4 nitrogen and oxygen atoms in total. The van der Waals surface area contributed by atoms with Gasteiger partial charge in [0.05, 0.1) is 16.8 Å². The van der Waals surface area contributed by atoms with Gasteiger partial charge in [-0.25, -0.2) is 18.7 Å². The number of hydrogen-bond donors (Lipinski definition) is 1. The fourth-order valence-electron chi connectivity index (χ4n) is 4.35. The van der Waals surface area contributed by atoms with E-state index in [9.17, 15) is 8.78 Å². The second-order valence-corrected chi connectivity index (χ2v) is 8.65. The van der Waals surface area contributed by atoms with E-state index in [2.05, 4.69) is 14.9 Å². The fourth-order valence-corrected chi connectivity index (χ4v) is 5.19. The van der Waals surface area contributed by atoms with E-state index >= 15 is 0 Å². The average molecular weight is 391 g/mol. The predicted molar refractivity (Wildman–Crippen MR) is 103 cm³/mol. The topological polar surface area (TPSA) is 55.0 Å². The molecule has 2 aromatic rings. The van der Waals surface area contributed by atoms with E-state index in [4.69, 9.17) is 5.73 Å². The molecule has 2 fully saturated rings. The maximum absolute atomic E-state index is 13.9. The van der Waals surface area contributed by atoms with E-state index in [0.717, 1.165) is 61.7 Å². The third-order valence-corrected chi connectivity index (χ3v) is 7.20. The van der Waals surface area contributed by atoms with Crippen molar-refractivity contribution >= 4 is 17.6 Å². The van der Waals surface area contributed by atoms with Gasteiger partial charge in [0.2, 0.25) is 0 Å². The van der Waals surface area contributed by atoms with Gasteiger partial charge in [0.15, 0.2) is 11.6 Å². The number of rotatable bonds is 3. The summed E-state index contributed by atoms with van der Waals surface area (Å²) < 4.78 is 27.3. The van der Waals surface area contributed by atoms with Gasteiger partial charge in [-0.05, 0) is 50.2 Å². The van der Waals surface area contributed by atoms with Crippen molar-refractivity contribution in [2.24, 2.45) is 11.1 Å². The second-order valence-electron chi connectivity index (χ2n) is 7.62. The Morgan fingerprint density at radius 2 is 2.00 bits per heavy atom. The summed E-state index contributed by atoms with van der Waals surface area (Å²) in [6.07, 6.45) is 7.55. The Kier molecular flexibility index (Phi) is 5.07. The maximum atomic E-state index is 13.9. The summed E-state index contributed by atoms with van der Waals surface area (Å²) >= 11 is 1.10. The molecule has 2 heterocycles. The van der Waals surface area contributed by atoms with Crippen LogP contribution in [0.1, 0.15) is 37.8 Å². The third kappa shape index (κ3) is 3.55. The molecule has 1 atom stereocenters. The molecule has 1 spiro atoms. The number of piperidine rings is 1. The molecule has 2 N–H and O–H groups in total. The van der Waals surface area contributed by atoms with Crippen LogP contribution in [0.5, 0.6) is 0 Å². The van der Waals surface area contributed by atoms with Gasteiger partial charge in [0.25, 0.3) is 0 Å². The summed E-state index contributed by atoms with van der Waals surface area (Å²) in [5.74, 6) is -0.852. The van der Waals surface area contributed by atoms with Gasteiger partial charge in [0, 0.05) is 19.1 Å². The van der Waals surface area contributed by atoms with Crippen LogP contribution in [0.15, 0.2) is 34.3 Å². The molecule has 1 aliphatic carbocycles. The van der Waals surface area contributed by atoms with Crippen molar-refractivity contribution in [2.45, 2.75) is 55.0 Å². The molecule has 1 aromatic heterocycles. The molecule has 0 radical (unpaired) electrons. The molecule has 4 rings (SSSR count). The number of benzene rings is 1. The summed E-state index contributed by atoms with van der Waals surface area (Å²) in [6.45, 7) is 3.73. The zero-order chi connectivity index (χ0) is 19.0. The number of aryl methyl sites for hydroxylation is 1. The Hall–Kier alpha value is -1.73. The normalized spacial score (nSPS) is 21.8. The van der Waals surface area contributed by atoms with E-state index in [1.165, 1.54) is 18.9 Å². The SMILES string of the molecule is Cc1nc(N2CCC3(CCCC3N)CC2)cnc1Sc1cccc(F)c1F. The molecule has 27 heavy (non-hydrogen) atoms. The Bertz CT molecular complexity index is 837. The lowest BCUT2D eigenvalue weighted by Crippen LogP contribution is -2.47. The van der Waals surface area contributed by atoms with Crippen molar-refractivity contribution in [3.05, 3.63) is 41.7 Å². The van der Waals surface area contributed by atoms with Gasteiger partial charge in [-0.3, -0.25) is 0 Å². The monoisotopic (exact) mass is 390 g/mol. The Morgan fingerprint density at radius 3 is 2.67 bits per heavy atom. The first kappa shape index (κ1) is 18.6. The highest BCUT2D eigenvalue weighted by Gasteiger charge is 2.43. The average Bonchev–Trinajstić information content (AvgIpc) is 3.01. The zero-order valence-corrected chi connectivity index (χ0v) is 16.2. The number of halogens is 2. The van der Waals surface area contributed by atoms with Crippen LogP contribution in [0.4, 0.5) is 14.6 Å². The van der Waals surface area contributed by atoms with Gasteiger partial charge in [0.1, 0.15) is 10.8 Å². The van der Waals surface area contributed by atoms with Crippen LogP contribution in [0.3, 0.4) is 0 Å². The second kappa shape index (κ2) is 7.36. The molecule has 7 heteroatoms. The maximum Gasteiger partial charge on any atom is 0.172 e. The lowest BCUT2D eigenvalue weighted by atomic mass is 9.74. The standard InChI is InChI=1S/C20H24F2N4S/c1-13-19(27-15-5-2-4-14(21)18(15)22)24-12-17(25-13)26-10-8-20(9-11-26)7-3-6-16(20)23/h2,4-5,12,16H,3,6-11,23H2,1H3. The van der Waals surface area contributed by atoms with E-state index in [1.807, 2.05) is 6.92 Å². The van der Waals surface area contributed by atoms with Crippen LogP contribution in [0.25, 0.3) is 0 Å². The first-order chi connectivity index (χ1) is 13.0. The van der Waals surface area contributed by atoms with Gasteiger partial charge in [-0.15, -0.1) is 0 Å². The van der Waals surface area contributed by atoms with Crippen molar-refractivity contribution in [2.75, 3.05) is 18.0 Å². The summed E-state index contributed by atoms with van der Waals surface area (Å²) in [4.78, 5) is 11.6. The predicted octanol–water partition coefficient (Wildman–Crippen LogP) is 4.31. The molecular weight excluding hydrogens is 366 g/mol. The van der Waals surface area contributed by atoms with Crippen molar-refractivity contribution in [3.8, 4) is 0 Å². The zero-order valence-electron chi connectivity index (χ0n) is 15.4. The summed E-state index contributed by atoms with van der Waals surface area (Å²) in [5, 5.41) is 0.592. The largest absolute Gasteiger partial charge is 0.355 e. The number of anilines is 1. The highest BCUT2D eigenvalue weighted by molar-refractivity contribution is 7.99. The van der Waals surface area contributed by atoms with Crippen LogP contribution in [-0.2, 0) is 0 Å². The summed E-state index contributed by atoms with van der Waals surface area (Å²) in [6, 6.07) is 4.48. The van der Waals surface area contributed by atoms with Crippen LogP contribution in [0, 0.1) is 24.0 Å². The lowest BCUT2D eigenvalue weighted by molar-refractivity contribution is 0.197. The van der Waals surface area contributed by atoms with E-state index in [0.29, 0.717) is 16.5 Å². The van der Waals surface area contributed by atoms with E-state index < -0.39 is 11.6 Å². The van der Waals surface area contributed by atoms with E-state index in [1.54, 1.807) is 12.3 Å². The van der Waals surface area contributed by atoms with Crippen LogP contribution < -0.4 is 10.6 Å². The lowest BCUT2D eigenvalue weighted by Gasteiger charge is -2.42. The first-order valence-corrected chi connectivity index (χ1v) is 10.3. The highest BCUT2D eigenvalue weighted by Crippen LogP contribution is 2.46. The highest BCUT2D eigenvalue weighted by atomic mass is 32.2. The molecular formula is C20H24F2N4S.